The number of methoxy groups -OCH3 is 1. The lowest BCUT2D eigenvalue weighted by molar-refractivity contribution is 0.0854. The molecule has 0 saturated carbocycles. The fourth-order valence-electron chi connectivity index (χ4n) is 4.86. The molecule has 1 saturated heterocycles. The van der Waals surface area contributed by atoms with E-state index in [-0.39, 0.29) is 29.3 Å². The van der Waals surface area contributed by atoms with Gasteiger partial charge in [0.2, 0.25) is 0 Å². The van der Waals surface area contributed by atoms with Gasteiger partial charge in [-0.2, -0.15) is 5.10 Å². The number of carbonyl (C=O) groups excluding carboxylic acids is 1. The van der Waals surface area contributed by atoms with Gasteiger partial charge in [0.25, 0.3) is 0 Å². The minimum atomic E-state index is -0.513. The Labute approximate surface area is 208 Å². The lowest BCUT2D eigenvalue weighted by Crippen LogP contribution is -2.37. The Kier molecular flexibility index (Phi) is 6.65. The molecule has 0 atom stereocenters. The lowest BCUT2D eigenvalue weighted by atomic mass is 9.99. The number of anilines is 1. The molecule has 5 rings (SSSR count). The summed E-state index contributed by atoms with van der Waals surface area (Å²) in [6.45, 7) is 1.44. The molecular formula is C27H28FN5O3. The van der Waals surface area contributed by atoms with Gasteiger partial charge in [-0.1, -0.05) is 12.1 Å². The fourth-order valence-corrected chi connectivity index (χ4v) is 4.86. The maximum atomic E-state index is 14.6. The number of carbonyl (C=O) groups is 1. The van der Waals surface area contributed by atoms with Crippen LogP contribution in [0.3, 0.4) is 0 Å². The molecule has 0 aliphatic carbocycles. The van der Waals surface area contributed by atoms with Crippen molar-refractivity contribution < 1.29 is 18.7 Å². The molecule has 4 aromatic rings. The van der Waals surface area contributed by atoms with Crippen molar-refractivity contribution in [1.82, 2.24) is 19.7 Å². The van der Waals surface area contributed by atoms with Gasteiger partial charge < -0.3 is 14.4 Å². The highest BCUT2D eigenvalue weighted by Crippen LogP contribution is 2.34. The molecule has 1 aliphatic rings. The van der Waals surface area contributed by atoms with Crippen molar-refractivity contribution in [2.24, 2.45) is 7.05 Å². The second-order valence-corrected chi connectivity index (χ2v) is 8.91. The molecule has 9 heteroatoms. The maximum absolute atomic E-state index is 14.6. The van der Waals surface area contributed by atoms with Gasteiger partial charge in [-0.15, -0.1) is 0 Å². The van der Waals surface area contributed by atoms with E-state index in [9.17, 15) is 9.18 Å². The van der Waals surface area contributed by atoms with E-state index in [0.29, 0.717) is 11.8 Å². The summed E-state index contributed by atoms with van der Waals surface area (Å²) in [6, 6.07) is 10.3. The zero-order valence-corrected chi connectivity index (χ0v) is 20.6. The van der Waals surface area contributed by atoms with Crippen molar-refractivity contribution in [1.29, 1.82) is 0 Å². The molecular weight excluding hydrogens is 461 g/mol. The summed E-state index contributed by atoms with van der Waals surface area (Å²) in [7, 11) is 5.43. The van der Waals surface area contributed by atoms with Crippen LogP contribution in [-0.2, 0) is 18.2 Å². The van der Waals surface area contributed by atoms with Crippen LogP contribution in [0.2, 0.25) is 0 Å². The van der Waals surface area contributed by atoms with Crippen molar-refractivity contribution in [2.45, 2.75) is 25.3 Å². The van der Waals surface area contributed by atoms with Crippen LogP contribution in [0.4, 0.5) is 10.1 Å². The summed E-state index contributed by atoms with van der Waals surface area (Å²) in [5.74, 6) is -0.278. The predicted molar refractivity (Wildman–Crippen MR) is 135 cm³/mol. The number of halogens is 1. The second-order valence-electron chi connectivity index (χ2n) is 8.91. The molecule has 36 heavy (non-hydrogen) atoms. The van der Waals surface area contributed by atoms with Crippen molar-refractivity contribution in [3.05, 3.63) is 65.9 Å². The van der Waals surface area contributed by atoms with E-state index in [1.807, 2.05) is 30.1 Å². The Bertz CT molecular complexity index is 1410. The van der Waals surface area contributed by atoms with E-state index in [1.54, 1.807) is 18.2 Å². The predicted octanol–water partition coefficient (Wildman–Crippen LogP) is 4.22. The number of ketones is 1. The van der Waals surface area contributed by atoms with Crippen LogP contribution in [0, 0.1) is 5.82 Å². The Morgan fingerprint density at radius 2 is 2.03 bits per heavy atom. The Morgan fingerprint density at radius 3 is 2.81 bits per heavy atom. The number of rotatable bonds is 7. The summed E-state index contributed by atoms with van der Waals surface area (Å²) in [5, 5.41) is 5.44. The lowest BCUT2D eigenvalue weighted by Gasteiger charge is -2.34. The number of fused-ring (bicyclic) bond motifs is 1. The van der Waals surface area contributed by atoms with Gasteiger partial charge in [0.1, 0.15) is 17.3 Å². The zero-order chi connectivity index (χ0) is 25.2. The van der Waals surface area contributed by atoms with Crippen molar-refractivity contribution in [3.8, 4) is 17.1 Å². The molecule has 1 aliphatic heterocycles. The van der Waals surface area contributed by atoms with Crippen LogP contribution in [-0.4, -0.2) is 58.9 Å². The summed E-state index contributed by atoms with van der Waals surface area (Å²) in [4.78, 5) is 24.3. The molecule has 0 N–H and O–H groups in total. The van der Waals surface area contributed by atoms with E-state index < -0.39 is 5.82 Å². The number of nitrogens with zero attached hydrogens (tertiary/aromatic N) is 5. The van der Waals surface area contributed by atoms with Crippen molar-refractivity contribution in [2.75, 3.05) is 32.3 Å². The van der Waals surface area contributed by atoms with Gasteiger partial charge in [-0.25, -0.2) is 14.4 Å². The third-order valence-electron chi connectivity index (χ3n) is 6.79. The van der Waals surface area contributed by atoms with Gasteiger partial charge in [0, 0.05) is 51.4 Å². The van der Waals surface area contributed by atoms with Crippen molar-refractivity contribution >= 4 is 22.4 Å². The summed E-state index contributed by atoms with van der Waals surface area (Å²) in [5.41, 5.74) is 3.22. The number of hydrogen-bond acceptors (Lipinski definition) is 7. The van der Waals surface area contributed by atoms with Gasteiger partial charge in [0.05, 0.1) is 30.1 Å². The molecule has 0 amide bonds. The van der Waals surface area contributed by atoms with Crippen LogP contribution < -0.4 is 9.64 Å². The monoisotopic (exact) mass is 489 g/mol. The van der Waals surface area contributed by atoms with E-state index in [2.05, 4.69) is 27.0 Å². The van der Waals surface area contributed by atoms with Gasteiger partial charge in [0.15, 0.2) is 11.6 Å². The third kappa shape index (κ3) is 4.42. The second kappa shape index (κ2) is 10.0. The highest BCUT2D eigenvalue weighted by atomic mass is 19.1. The number of benzene rings is 2. The number of Topliss-reactive ketones (excluding diaryl/α,β-unsaturated/α-hetero) is 1. The van der Waals surface area contributed by atoms with Crippen LogP contribution in [0.25, 0.3) is 22.3 Å². The molecule has 3 heterocycles. The number of aromatic nitrogens is 4. The fraction of sp³-hybridized carbons (Fsp3) is 0.333. The first-order chi connectivity index (χ1) is 17.5. The minimum absolute atomic E-state index is 0.109. The SMILES string of the molecule is COc1cccc(F)c1-c1nccc(C(=O)Cc2ccc3c(cnn3C)c2N(C)C2CCOCC2)n1. The normalized spacial score (nSPS) is 14.2. The maximum Gasteiger partial charge on any atom is 0.185 e. The average molecular weight is 490 g/mol. The largest absolute Gasteiger partial charge is 0.496 e. The Morgan fingerprint density at radius 1 is 1.22 bits per heavy atom. The molecule has 8 nitrogen and oxygen atoms in total. The standard InChI is InChI=1S/C27H28FN5O3/c1-32(18-10-13-36-14-11-18)26-17(7-8-22-19(26)16-30-33(22)2)15-23(34)21-9-12-29-27(31-21)25-20(28)5-4-6-24(25)35-3/h4-9,12,16,18H,10-11,13-15H2,1-3H3. The quantitative estimate of drug-likeness (QED) is 0.360. The van der Waals surface area contributed by atoms with Gasteiger partial charge in [-0.05, 0) is 42.7 Å². The molecule has 0 unspecified atom stereocenters. The first-order valence-electron chi connectivity index (χ1n) is 11.9. The van der Waals surface area contributed by atoms with Crippen LogP contribution in [0.5, 0.6) is 5.75 Å². The van der Waals surface area contributed by atoms with Crippen LogP contribution in [0.1, 0.15) is 28.9 Å². The summed E-state index contributed by atoms with van der Waals surface area (Å²) >= 11 is 0. The summed E-state index contributed by atoms with van der Waals surface area (Å²) < 4.78 is 27.3. The van der Waals surface area contributed by atoms with Crippen LogP contribution in [0.15, 0.2) is 48.8 Å². The average Bonchev–Trinajstić information content (AvgIpc) is 3.29. The topological polar surface area (TPSA) is 82.4 Å². The molecule has 0 radical (unpaired) electrons. The first-order valence-corrected chi connectivity index (χ1v) is 11.9. The van der Waals surface area contributed by atoms with Gasteiger partial charge in [-0.3, -0.25) is 9.48 Å². The highest BCUT2D eigenvalue weighted by Gasteiger charge is 2.25. The molecule has 2 aromatic carbocycles. The molecule has 1 fully saturated rings. The van der Waals surface area contributed by atoms with Gasteiger partial charge >= 0.3 is 0 Å². The third-order valence-corrected chi connectivity index (χ3v) is 6.79. The minimum Gasteiger partial charge on any atom is -0.496 e. The molecule has 0 bridgehead atoms. The zero-order valence-electron chi connectivity index (χ0n) is 20.6. The number of aryl methyl sites for hydroxylation is 1. The molecule has 0 spiro atoms. The van der Waals surface area contributed by atoms with Crippen molar-refractivity contribution in [3.63, 3.8) is 0 Å². The first kappa shape index (κ1) is 23.9. The number of hydrogen-bond donors (Lipinski definition) is 0. The molecule has 186 valence electrons. The smallest absolute Gasteiger partial charge is 0.185 e. The van der Waals surface area contributed by atoms with Crippen LogP contribution >= 0.6 is 0 Å². The number of ether oxygens (including phenoxy) is 2. The molecule has 2 aromatic heterocycles. The summed E-state index contributed by atoms with van der Waals surface area (Å²) in [6.07, 6.45) is 5.29. The van der Waals surface area contributed by atoms with E-state index in [1.165, 1.54) is 19.4 Å². The Balaban J connectivity index is 1.51. The van der Waals surface area contributed by atoms with E-state index >= 15 is 0 Å². The van der Waals surface area contributed by atoms with E-state index in [4.69, 9.17) is 9.47 Å². The Hall–Kier alpha value is -3.85. The van der Waals surface area contributed by atoms with E-state index in [0.717, 1.165) is 48.2 Å². The highest BCUT2D eigenvalue weighted by molar-refractivity contribution is 6.00.